The van der Waals surface area contributed by atoms with Crippen LogP contribution in [0.1, 0.15) is 51.9 Å². The van der Waals surface area contributed by atoms with Gasteiger partial charge in [-0.3, -0.25) is 0 Å². The van der Waals surface area contributed by atoms with Crippen LogP contribution in [0.2, 0.25) is 0 Å². The summed E-state index contributed by atoms with van der Waals surface area (Å²) in [4.78, 5) is 0. The first-order valence-corrected chi connectivity index (χ1v) is 9.77. The van der Waals surface area contributed by atoms with Gasteiger partial charge in [0.05, 0.1) is 11.4 Å². The zero-order valence-corrected chi connectivity index (χ0v) is 13.3. The molecule has 4 saturated carbocycles. The molecule has 20 heavy (non-hydrogen) atoms. The summed E-state index contributed by atoms with van der Waals surface area (Å²) in [5, 5.41) is 0. The van der Waals surface area contributed by atoms with E-state index in [1.807, 2.05) is 0 Å². The van der Waals surface area contributed by atoms with Crippen molar-refractivity contribution in [1.82, 2.24) is 4.72 Å². The Morgan fingerprint density at radius 1 is 1.10 bits per heavy atom. The lowest BCUT2D eigenvalue weighted by atomic mass is 9.54. The molecule has 4 fully saturated rings. The van der Waals surface area contributed by atoms with Crippen LogP contribution >= 0.6 is 0 Å². The monoisotopic (exact) mass is 301 g/mol. The fourth-order valence-electron chi connectivity index (χ4n) is 4.90. The summed E-state index contributed by atoms with van der Waals surface area (Å²) in [7, 11) is -3.05. The number of hydrogen-bond donors (Lipinski definition) is 1. The average Bonchev–Trinajstić information content (AvgIpc) is 2.36. The summed E-state index contributed by atoms with van der Waals surface area (Å²) >= 11 is 0. The molecule has 0 aromatic rings. The van der Waals surface area contributed by atoms with Gasteiger partial charge < -0.3 is 4.74 Å². The summed E-state index contributed by atoms with van der Waals surface area (Å²) in [6, 6.07) is 0. The smallest absolute Gasteiger partial charge is 0.211 e. The largest absolute Gasteiger partial charge is 0.375 e. The Balaban J connectivity index is 1.43. The molecule has 5 heteroatoms. The molecular formula is C15H27NO3S. The van der Waals surface area contributed by atoms with E-state index in [9.17, 15) is 8.42 Å². The number of hydrogen-bond acceptors (Lipinski definition) is 3. The molecule has 0 saturated heterocycles. The molecule has 4 rings (SSSR count). The van der Waals surface area contributed by atoms with E-state index in [0.717, 1.165) is 24.2 Å². The molecule has 0 aliphatic heterocycles. The van der Waals surface area contributed by atoms with Gasteiger partial charge in [-0.2, -0.15) is 0 Å². The summed E-state index contributed by atoms with van der Waals surface area (Å²) in [6.07, 6.45) is 8.82. The lowest BCUT2D eigenvalue weighted by Gasteiger charge is -2.56. The second-order valence-electron chi connectivity index (χ2n) is 7.10. The Morgan fingerprint density at radius 2 is 1.65 bits per heavy atom. The van der Waals surface area contributed by atoms with Gasteiger partial charge in [0.25, 0.3) is 0 Å². The second-order valence-corrected chi connectivity index (χ2v) is 9.20. The SMILES string of the molecule is CCS(=O)(=O)NCCCOC12CC3CC(CC(C3)C1)C2. The highest BCUT2D eigenvalue weighted by Gasteiger charge is 2.51. The number of ether oxygens (including phenoxy) is 1. The molecule has 4 aliphatic carbocycles. The van der Waals surface area contributed by atoms with Crippen LogP contribution in [0.5, 0.6) is 0 Å². The van der Waals surface area contributed by atoms with E-state index in [-0.39, 0.29) is 11.4 Å². The van der Waals surface area contributed by atoms with Crippen LogP contribution in [0.15, 0.2) is 0 Å². The summed E-state index contributed by atoms with van der Waals surface area (Å²) in [5.41, 5.74) is 0.151. The van der Waals surface area contributed by atoms with Crippen molar-refractivity contribution < 1.29 is 13.2 Å². The first-order chi connectivity index (χ1) is 9.50. The van der Waals surface area contributed by atoms with E-state index in [2.05, 4.69) is 4.72 Å². The Kier molecular flexibility index (Phi) is 4.13. The van der Waals surface area contributed by atoms with Gasteiger partial charge in [0.2, 0.25) is 10.0 Å². The molecule has 4 nitrogen and oxygen atoms in total. The Labute approximate surface area is 122 Å². The Hall–Kier alpha value is -0.130. The van der Waals surface area contributed by atoms with Crippen molar-refractivity contribution in [2.45, 2.75) is 57.5 Å². The van der Waals surface area contributed by atoms with Crippen LogP contribution in [-0.2, 0) is 14.8 Å². The van der Waals surface area contributed by atoms with Crippen molar-refractivity contribution in [3.8, 4) is 0 Å². The second kappa shape index (κ2) is 5.58. The van der Waals surface area contributed by atoms with Crippen LogP contribution in [0.3, 0.4) is 0 Å². The highest BCUT2D eigenvalue weighted by molar-refractivity contribution is 7.89. The van der Waals surface area contributed by atoms with Crippen LogP contribution in [0.25, 0.3) is 0 Å². The van der Waals surface area contributed by atoms with Crippen molar-refractivity contribution in [2.24, 2.45) is 17.8 Å². The molecule has 116 valence electrons. The Morgan fingerprint density at radius 3 is 2.15 bits per heavy atom. The molecule has 1 N–H and O–H groups in total. The van der Waals surface area contributed by atoms with Gasteiger partial charge in [0.1, 0.15) is 0 Å². The fraction of sp³-hybridized carbons (Fsp3) is 1.00. The summed E-state index contributed by atoms with van der Waals surface area (Å²) in [6.45, 7) is 2.86. The highest BCUT2D eigenvalue weighted by atomic mass is 32.2. The molecule has 0 aromatic heterocycles. The van der Waals surface area contributed by atoms with Crippen LogP contribution < -0.4 is 4.72 Å². The maximum absolute atomic E-state index is 11.3. The first kappa shape index (κ1) is 14.8. The van der Waals surface area contributed by atoms with Gasteiger partial charge >= 0.3 is 0 Å². The zero-order valence-electron chi connectivity index (χ0n) is 12.4. The van der Waals surface area contributed by atoms with Crippen molar-refractivity contribution in [3.05, 3.63) is 0 Å². The summed E-state index contributed by atoms with van der Waals surface area (Å²) < 4.78 is 31.5. The zero-order chi connectivity index (χ0) is 14.2. The van der Waals surface area contributed by atoms with Gasteiger partial charge in [-0.15, -0.1) is 0 Å². The lowest BCUT2D eigenvalue weighted by Crippen LogP contribution is -2.52. The molecule has 0 atom stereocenters. The van der Waals surface area contributed by atoms with E-state index in [1.165, 1.54) is 38.5 Å². The third-order valence-electron chi connectivity index (χ3n) is 5.41. The highest BCUT2D eigenvalue weighted by Crippen LogP contribution is 2.57. The minimum atomic E-state index is -3.05. The molecule has 0 amide bonds. The number of rotatable bonds is 7. The lowest BCUT2D eigenvalue weighted by molar-refractivity contribution is -0.162. The minimum absolute atomic E-state index is 0.151. The van der Waals surface area contributed by atoms with Gasteiger partial charge in [0.15, 0.2) is 0 Å². The van der Waals surface area contributed by atoms with E-state index in [0.29, 0.717) is 13.2 Å². The van der Waals surface area contributed by atoms with Gasteiger partial charge in [-0.1, -0.05) is 0 Å². The molecular weight excluding hydrogens is 274 g/mol. The predicted octanol–water partition coefficient (Wildman–Crippen LogP) is 2.30. The molecule has 0 heterocycles. The maximum atomic E-state index is 11.3. The van der Waals surface area contributed by atoms with E-state index in [4.69, 9.17) is 4.74 Å². The number of nitrogens with one attached hydrogen (secondary N) is 1. The molecule has 0 aromatic carbocycles. The summed E-state index contributed by atoms with van der Waals surface area (Å²) in [5.74, 6) is 2.86. The topological polar surface area (TPSA) is 55.4 Å². The van der Waals surface area contributed by atoms with Crippen molar-refractivity contribution in [2.75, 3.05) is 18.9 Å². The fourth-order valence-corrected chi connectivity index (χ4v) is 5.56. The Bertz CT molecular complexity index is 411. The third-order valence-corrected chi connectivity index (χ3v) is 6.82. The standard InChI is InChI=1S/C15H27NO3S/c1-2-20(17,18)16-4-3-5-19-15-9-12-6-13(10-15)8-14(7-12)11-15/h12-14,16H,2-11H2,1H3. The van der Waals surface area contributed by atoms with Gasteiger partial charge in [-0.25, -0.2) is 13.1 Å². The predicted molar refractivity (Wildman–Crippen MR) is 78.9 cm³/mol. The van der Waals surface area contributed by atoms with Crippen molar-refractivity contribution >= 4 is 10.0 Å². The van der Waals surface area contributed by atoms with Gasteiger partial charge in [0, 0.05) is 13.2 Å². The maximum Gasteiger partial charge on any atom is 0.211 e. The van der Waals surface area contributed by atoms with Crippen molar-refractivity contribution in [1.29, 1.82) is 0 Å². The molecule has 4 aliphatic rings. The van der Waals surface area contributed by atoms with E-state index >= 15 is 0 Å². The van der Waals surface area contributed by atoms with E-state index in [1.54, 1.807) is 6.92 Å². The third kappa shape index (κ3) is 3.20. The number of sulfonamides is 1. The molecule has 0 unspecified atom stereocenters. The first-order valence-electron chi connectivity index (χ1n) is 8.11. The quantitative estimate of drug-likeness (QED) is 0.734. The average molecular weight is 301 g/mol. The van der Waals surface area contributed by atoms with E-state index < -0.39 is 10.0 Å². The van der Waals surface area contributed by atoms with Crippen LogP contribution in [0.4, 0.5) is 0 Å². The normalized spacial score (nSPS) is 39.4. The van der Waals surface area contributed by atoms with Crippen LogP contribution in [0, 0.1) is 17.8 Å². The molecule has 0 spiro atoms. The van der Waals surface area contributed by atoms with Crippen LogP contribution in [-0.4, -0.2) is 32.9 Å². The molecule has 0 radical (unpaired) electrons. The van der Waals surface area contributed by atoms with Gasteiger partial charge in [-0.05, 0) is 69.6 Å². The molecule has 4 bridgehead atoms. The van der Waals surface area contributed by atoms with Crippen molar-refractivity contribution in [3.63, 3.8) is 0 Å². The minimum Gasteiger partial charge on any atom is -0.375 e.